The zero-order chi connectivity index (χ0) is 22.9. The van der Waals surface area contributed by atoms with Gasteiger partial charge in [0.1, 0.15) is 11.7 Å². The molecule has 2 heterocycles. The number of carbonyl (C=O) groups is 1. The summed E-state index contributed by atoms with van der Waals surface area (Å²) in [5, 5.41) is 1.03. The van der Waals surface area contributed by atoms with Crippen molar-refractivity contribution in [2.75, 3.05) is 13.1 Å². The van der Waals surface area contributed by atoms with E-state index in [4.69, 9.17) is 37.7 Å². The molecule has 170 valence electrons. The Morgan fingerprint density at radius 2 is 1.94 bits per heavy atom. The van der Waals surface area contributed by atoms with Crippen molar-refractivity contribution >= 4 is 40.3 Å². The number of hydrogen-bond donors (Lipinski definition) is 0. The van der Waals surface area contributed by atoms with E-state index in [9.17, 15) is 4.79 Å². The van der Waals surface area contributed by atoms with Crippen molar-refractivity contribution in [2.45, 2.75) is 51.9 Å². The second-order valence-corrected chi connectivity index (χ2v) is 9.84. The zero-order valence-electron chi connectivity index (χ0n) is 18.5. The molecule has 1 aliphatic rings. The first-order valence-corrected chi connectivity index (χ1v) is 11.5. The zero-order valence-corrected chi connectivity index (χ0v) is 20.0. The monoisotopic (exact) mass is 475 g/mol. The van der Waals surface area contributed by atoms with E-state index in [0.717, 1.165) is 29.4 Å². The lowest BCUT2D eigenvalue weighted by atomic mass is 10.1. The van der Waals surface area contributed by atoms with Gasteiger partial charge in [-0.3, -0.25) is 4.57 Å². The lowest BCUT2D eigenvalue weighted by Crippen LogP contribution is -2.46. The number of rotatable bonds is 4. The van der Waals surface area contributed by atoms with Crippen LogP contribution in [-0.2, 0) is 11.3 Å². The number of ether oxygens (including phenoxy) is 2. The van der Waals surface area contributed by atoms with E-state index >= 15 is 0 Å². The topological polar surface area (TPSA) is 56.6 Å². The van der Waals surface area contributed by atoms with E-state index in [1.54, 1.807) is 11.0 Å². The highest BCUT2D eigenvalue weighted by molar-refractivity contribution is 6.42. The number of fused-ring (bicyclic) bond motifs is 1. The molecule has 0 saturated carbocycles. The molecule has 0 spiro atoms. The Hall–Kier alpha value is -2.44. The molecule has 1 amide bonds. The van der Waals surface area contributed by atoms with E-state index in [0.29, 0.717) is 35.7 Å². The van der Waals surface area contributed by atoms with Crippen LogP contribution in [0.25, 0.3) is 11.0 Å². The van der Waals surface area contributed by atoms with Crippen molar-refractivity contribution in [3.63, 3.8) is 0 Å². The standard InChI is InChI=1S/C24H27Cl2N3O3/c1-24(2,3)32-23(30)28-12-6-7-17(15-28)31-22-27-20-8-4-5-9-21(20)29(22)14-16-10-11-18(25)19(26)13-16/h4-5,8-11,13,17H,6-7,12,14-15H2,1-3H3. The maximum Gasteiger partial charge on any atom is 0.410 e. The Labute approximate surface area is 198 Å². The van der Waals surface area contributed by atoms with Crippen molar-refractivity contribution in [1.82, 2.24) is 14.5 Å². The maximum atomic E-state index is 12.5. The first kappa shape index (κ1) is 22.7. The molecular formula is C24H27Cl2N3O3. The van der Waals surface area contributed by atoms with Crippen LogP contribution in [0.1, 0.15) is 39.2 Å². The lowest BCUT2D eigenvalue weighted by molar-refractivity contribution is 0.00626. The number of carbonyl (C=O) groups excluding carboxylic acids is 1. The van der Waals surface area contributed by atoms with Crippen LogP contribution >= 0.6 is 23.2 Å². The second kappa shape index (κ2) is 9.20. The highest BCUT2D eigenvalue weighted by atomic mass is 35.5. The number of nitrogens with zero attached hydrogens (tertiary/aromatic N) is 3. The third-order valence-corrected chi connectivity index (χ3v) is 5.99. The van der Waals surface area contributed by atoms with Gasteiger partial charge in [-0.1, -0.05) is 41.4 Å². The van der Waals surface area contributed by atoms with Crippen molar-refractivity contribution in [1.29, 1.82) is 0 Å². The fourth-order valence-electron chi connectivity index (χ4n) is 3.79. The molecule has 1 unspecified atom stereocenters. The van der Waals surface area contributed by atoms with Gasteiger partial charge in [-0.2, -0.15) is 4.98 Å². The van der Waals surface area contributed by atoms with Gasteiger partial charge < -0.3 is 14.4 Å². The van der Waals surface area contributed by atoms with Crippen LogP contribution in [0.15, 0.2) is 42.5 Å². The van der Waals surface area contributed by atoms with Gasteiger partial charge in [0.2, 0.25) is 0 Å². The van der Waals surface area contributed by atoms with E-state index < -0.39 is 5.60 Å². The molecule has 4 rings (SSSR count). The molecule has 1 aliphatic heterocycles. The average Bonchev–Trinajstić information content (AvgIpc) is 3.07. The van der Waals surface area contributed by atoms with Crippen LogP contribution in [0, 0.1) is 0 Å². The lowest BCUT2D eigenvalue weighted by Gasteiger charge is -2.34. The summed E-state index contributed by atoms with van der Waals surface area (Å²) < 4.78 is 13.9. The number of likely N-dealkylation sites (tertiary alicyclic amines) is 1. The molecule has 1 fully saturated rings. The van der Waals surface area contributed by atoms with Crippen molar-refractivity contribution in [2.24, 2.45) is 0 Å². The smallest absolute Gasteiger partial charge is 0.410 e. The molecule has 32 heavy (non-hydrogen) atoms. The number of hydrogen-bond acceptors (Lipinski definition) is 4. The Balaban J connectivity index is 1.56. The minimum absolute atomic E-state index is 0.166. The van der Waals surface area contributed by atoms with Crippen LogP contribution in [0.5, 0.6) is 6.01 Å². The molecular weight excluding hydrogens is 449 g/mol. The summed E-state index contributed by atoms with van der Waals surface area (Å²) in [6, 6.07) is 14.0. The predicted octanol–water partition coefficient (Wildman–Crippen LogP) is 6.17. The Morgan fingerprint density at radius 1 is 1.16 bits per heavy atom. The number of aromatic nitrogens is 2. The fourth-order valence-corrected chi connectivity index (χ4v) is 4.11. The van der Waals surface area contributed by atoms with Crippen LogP contribution < -0.4 is 4.74 Å². The molecule has 0 aliphatic carbocycles. The highest BCUT2D eigenvalue weighted by Crippen LogP contribution is 2.28. The molecule has 0 bridgehead atoms. The van der Waals surface area contributed by atoms with Gasteiger partial charge in [0.05, 0.1) is 34.2 Å². The third kappa shape index (κ3) is 5.30. The van der Waals surface area contributed by atoms with Crippen LogP contribution in [-0.4, -0.2) is 45.3 Å². The van der Waals surface area contributed by atoms with Gasteiger partial charge in [-0.05, 0) is 63.4 Å². The Morgan fingerprint density at radius 3 is 2.69 bits per heavy atom. The number of amides is 1. The predicted molar refractivity (Wildman–Crippen MR) is 127 cm³/mol. The number of benzene rings is 2. The first-order chi connectivity index (χ1) is 15.2. The SMILES string of the molecule is CC(C)(C)OC(=O)N1CCCC(Oc2nc3ccccc3n2Cc2ccc(Cl)c(Cl)c2)C1. The van der Waals surface area contributed by atoms with Gasteiger partial charge in [-0.25, -0.2) is 4.79 Å². The van der Waals surface area contributed by atoms with Crippen LogP contribution in [0.2, 0.25) is 10.0 Å². The normalized spacial score (nSPS) is 16.9. The molecule has 1 atom stereocenters. The molecule has 2 aromatic carbocycles. The van der Waals surface area contributed by atoms with Gasteiger partial charge in [0.15, 0.2) is 0 Å². The van der Waals surface area contributed by atoms with E-state index in [2.05, 4.69) is 0 Å². The van der Waals surface area contributed by atoms with Crippen LogP contribution in [0.3, 0.4) is 0 Å². The number of para-hydroxylation sites is 2. The van der Waals surface area contributed by atoms with Crippen molar-refractivity contribution in [3.8, 4) is 6.01 Å². The summed E-state index contributed by atoms with van der Waals surface area (Å²) in [4.78, 5) is 19.0. The molecule has 6 nitrogen and oxygen atoms in total. The van der Waals surface area contributed by atoms with Gasteiger partial charge >= 0.3 is 6.09 Å². The largest absolute Gasteiger partial charge is 0.459 e. The maximum absolute atomic E-state index is 12.5. The number of halogens is 2. The fraction of sp³-hybridized carbons (Fsp3) is 0.417. The summed E-state index contributed by atoms with van der Waals surface area (Å²) in [6.07, 6.45) is 1.21. The summed E-state index contributed by atoms with van der Waals surface area (Å²) in [5.41, 5.74) is 2.28. The van der Waals surface area contributed by atoms with E-state index in [1.807, 2.05) is 61.7 Å². The number of piperidine rings is 1. The summed E-state index contributed by atoms with van der Waals surface area (Å²) >= 11 is 12.3. The quantitative estimate of drug-likeness (QED) is 0.452. The summed E-state index contributed by atoms with van der Waals surface area (Å²) in [5.74, 6) is 0. The second-order valence-electron chi connectivity index (χ2n) is 9.03. The summed E-state index contributed by atoms with van der Waals surface area (Å²) in [6.45, 7) is 7.27. The minimum Gasteiger partial charge on any atom is -0.459 e. The molecule has 1 aromatic heterocycles. The van der Waals surface area contributed by atoms with E-state index in [1.165, 1.54) is 0 Å². The molecule has 0 radical (unpaired) electrons. The molecule has 8 heteroatoms. The molecule has 0 N–H and O–H groups in total. The summed E-state index contributed by atoms with van der Waals surface area (Å²) in [7, 11) is 0. The Bertz CT molecular complexity index is 1120. The van der Waals surface area contributed by atoms with Crippen LogP contribution in [0.4, 0.5) is 4.79 Å². The Kier molecular flexibility index (Phi) is 6.54. The first-order valence-electron chi connectivity index (χ1n) is 10.7. The highest BCUT2D eigenvalue weighted by Gasteiger charge is 2.29. The molecule has 1 saturated heterocycles. The van der Waals surface area contributed by atoms with Gasteiger partial charge in [-0.15, -0.1) is 0 Å². The van der Waals surface area contributed by atoms with Gasteiger partial charge in [0, 0.05) is 6.54 Å². The third-order valence-electron chi connectivity index (χ3n) is 5.25. The minimum atomic E-state index is -0.529. The number of imidazole rings is 1. The van der Waals surface area contributed by atoms with E-state index in [-0.39, 0.29) is 12.2 Å². The average molecular weight is 476 g/mol. The van der Waals surface area contributed by atoms with Gasteiger partial charge in [0.25, 0.3) is 6.01 Å². The van der Waals surface area contributed by atoms with Crippen molar-refractivity contribution in [3.05, 3.63) is 58.1 Å². The van der Waals surface area contributed by atoms with Crippen molar-refractivity contribution < 1.29 is 14.3 Å². The molecule has 3 aromatic rings.